The first-order chi connectivity index (χ1) is 25.0. The van der Waals surface area contributed by atoms with Gasteiger partial charge in [-0.2, -0.15) is 0 Å². The normalized spacial score (nSPS) is 16.3. The molecule has 4 atom stereocenters. The van der Waals surface area contributed by atoms with Gasteiger partial charge in [-0.05, 0) is 43.4 Å². The number of nitrogens with zero attached hydrogens (tertiary/aromatic N) is 1. The summed E-state index contributed by atoms with van der Waals surface area (Å²) in [4.78, 5) is 59.0. The second kappa shape index (κ2) is 33.0. The number of amides is 5. The zero-order chi connectivity index (χ0) is 43.2. The van der Waals surface area contributed by atoms with Crippen molar-refractivity contribution in [1.82, 2.24) is 20.9 Å². The van der Waals surface area contributed by atoms with Crippen LogP contribution in [0.5, 0.6) is 0 Å². The van der Waals surface area contributed by atoms with E-state index in [4.69, 9.17) is 12.2 Å². The number of nitrogens with two attached hydrogens (primary N) is 1. The maximum absolute atomic E-state index is 13.4. The van der Waals surface area contributed by atoms with E-state index in [-0.39, 0.29) is 30.3 Å². The Morgan fingerprint density at radius 2 is 1.63 bits per heavy atom. The van der Waals surface area contributed by atoms with Crippen molar-refractivity contribution < 1.29 is 49.0 Å². The molecule has 10 nitrogen and oxygen atoms in total. The summed E-state index contributed by atoms with van der Waals surface area (Å²) >= 11 is -0.398. The van der Waals surface area contributed by atoms with Gasteiger partial charge in [0.1, 0.15) is 6.04 Å². The number of thioether (sulfide) groups is 1. The van der Waals surface area contributed by atoms with E-state index < -0.39 is 52.2 Å². The van der Waals surface area contributed by atoms with Crippen LogP contribution in [0.1, 0.15) is 130 Å². The maximum Gasteiger partial charge on any atom is 0.312 e. The number of hydrogen-bond acceptors (Lipinski definition) is 6. The summed E-state index contributed by atoms with van der Waals surface area (Å²) in [7, 11) is 0. The standard InChI is InChI=1S/C16H31N3O2.C11H14N2O3.C10H22AtFS.2C2H6/c1-10(2)12-7-8-19(11(3)9-12)14(20)13(16(4,5)6)18-15(17)21;1-3-5-6-9(13-8-14)10(15)11(16)12-7-4-2;1-9(2)8-11(12)6-7-13-10(3,4)5;2*1-2/h10-13H,7-9H2,1-6H3,(H3,17,18,21);1,4,8-9H,2,5-7H2,(H,12,16)(H,13,14);9H,6-8H2,1-5H3;2*1-2H3/t11?,12-,13?;;;;/m0..../s1. The van der Waals surface area contributed by atoms with Crippen LogP contribution in [0, 0.1) is 57.9 Å². The van der Waals surface area contributed by atoms with Gasteiger partial charge >= 0.3 is 102 Å². The molecule has 1 fully saturated rings. The summed E-state index contributed by atoms with van der Waals surface area (Å²) < 4.78 is 15.5. The Balaban J connectivity index is -0.000000341. The minimum atomic E-state index is -2.29. The molecule has 1 saturated heterocycles. The molecule has 0 bridgehead atoms. The second-order valence-electron chi connectivity index (χ2n) is 15.2. The quantitative estimate of drug-likeness (QED) is 0.0529. The van der Waals surface area contributed by atoms with Gasteiger partial charge in [0.2, 0.25) is 18.1 Å². The van der Waals surface area contributed by atoms with Crippen molar-refractivity contribution in [1.29, 1.82) is 0 Å². The number of Topliss-reactive ketones (excluding diaryl/α,β-unsaturated/α-hetero) is 1. The molecule has 0 aromatic rings. The molecular formula is C41H79AtFN5O5S. The van der Waals surface area contributed by atoms with Crippen molar-refractivity contribution in [3.8, 4) is 12.3 Å². The fraction of sp³-hybridized carbons (Fsp3) is 0.780. The molecule has 1 rings (SSSR count). The van der Waals surface area contributed by atoms with Crippen molar-refractivity contribution in [2.45, 2.75) is 161 Å². The smallest absolute Gasteiger partial charge is 0.312 e. The molecule has 0 spiro atoms. The summed E-state index contributed by atoms with van der Waals surface area (Å²) in [6.07, 6.45) is 9.48. The van der Waals surface area contributed by atoms with Crippen LogP contribution in [-0.4, -0.2) is 76.7 Å². The molecule has 1 aliphatic rings. The average Bonchev–Trinajstić information content (AvgIpc) is 3.08. The van der Waals surface area contributed by atoms with Crippen LogP contribution in [0.15, 0.2) is 12.7 Å². The summed E-state index contributed by atoms with van der Waals surface area (Å²) in [6, 6.07) is -1.88. The Hall–Kier alpha value is -2.19. The van der Waals surface area contributed by atoms with Crippen molar-refractivity contribution in [2.24, 2.45) is 28.9 Å². The number of piperidine rings is 1. The molecule has 13 heteroatoms. The van der Waals surface area contributed by atoms with E-state index in [1.807, 2.05) is 65.1 Å². The van der Waals surface area contributed by atoms with E-state index in [0.29, 0.717) is 35.3 Å². The second-order valence-corrected chi connectivity index (χ2v) is 22.9. The predicted octanol–water partition coefficient (Wildman–Crippen LogP) is 8.31. The number of nitrogens with one attached hydrogen (secondary N) is 3. The fourth-order valence-corrected chi connectivity index (χ4v) is 11.9. The number of rotatable bonds is 16. The van der Waals surface area contributed by atoms with E-state index in [1.54, 1.807) is 0 Å². The zero-order valence-corrected chi connectivity index (χ0v) is 40.3. The van der Waals surface area contributed by atoms with E-state index in [2.05, 4.69) is 83.8 Å². The first-order valence-electron chi connectivity index (χ1n) is 19.4. The number of terminal acetylenes is 1. The van der Waals surface area contributed by atoms with Crippen LogP contribution >= 0.6 is 11.8 Å². The zero-order valence-electron chi connectivity index (χ0n) is 36.5. The molecule has 1 aliphatic heterocycles. The Bertz CT molecular complexity index is 1100. The molecule has 0 saturated carbocycles. The minimum absolute atomic E-state index is 0.0176. The van der Waals surface area contributed by atoms with Crippen molar-refractivity contribution in [2.75, 3.05) is 18.8 Å². The third kappa shape index (κ3) is 30.1. The molecule has 3 unspecified atom stereocenters. The number of ketones is 1. The first kappa shape index (κ1) is 58.5. The maximum atomic E-state index is 13.4. The Labute approximate surface area is 343 Å². The third-order valence-corrected chi connectivity index (χ3v) is 15.9. The number of primary amides is 1. The number of halogens is 1. The summed E-state index contributed by atoms with van der Waals surface area (Å²) in [6.45, 7) is 35.6. The van der Waals surface area contributed by atoms with Crippen molar-refractivity contribution in [3.63, 3.8) is 0 Å². The van der Waals surface area contributed by atoms with Gasteiger partial charge in [0.25, 0.3) is 5.91 Å². The topological polar surface area (TPSA) is 151 Å². The van der Waals surface area contributed by atoms with Crippen LogP contribution in [0.3, 0.4) is 0 Å². The molecule has 5 amide bonds. The number of hydrogen-bond donors (Lipinski definition) is 4. The molecule has 318 valence electrons. The fourth-order valence-electron chi connectivity index (χ4n) is 4.95. The number of likely N-dealkylation sites (tertiary alicyclic amines) is 1. The van der Waals surface area contributed by atoms with E-state index in [9.17, 15) is 26.6 Å². The van der Waals surface area contributed by atoms with Gasteiger partial charge in [-0.1, -0.05) is 68.4 Å². The van der Waals surface area contributed by atoms with Gasteiger partial charge in [-0.25, -0.2) is 4.79 Å². The number of urea groups is 1. The molecule has 0 radical (unpaired) electrons. The number of carbonyl (C=O) groups is 5. The van der Waals surface area contributed by atoms with Crippen molar-refractivity contribution >= 4 is 41.8 Å². The Morgan fingerprint density at radius 1 is 1.07 bits per heavy atom. The Kier molecular flexibility index (Phi) is 35.8. The van der Waals surface area contributed by atoms with Crippen molar-refractivity contribution in [3.05, 3.63) is 12.7 Å². The van der Waals surface area contributed by atoms with Gasteiger partial charge < -0.3 is 26.6 Å². The SMILES string of the molecule is C#CCCC(NC=O)C(=O)C(=O)NCC=C.CC.CC.CC(C)C[At](F)CCSC(C)(C)C.CC(C)[C@H]1CCN(C(=O)C(NC(N)=O)C(C)(C)C)C(C)C1. The van der Waals surface area contributed by atoms with Crippen LogP contribution in [0.2, 0.25) is 8.26 Å². The summed E-state index contributed by atoms with van der Waals surface area (Å²) in [5.74, 6) is 3.76. The van der Waals surface area contributed by atoms with Gasteiger partial charge in [0.05, 0.1) is 6.04 Å². The molecule has 54 heavy (non-hydrogen) atoms. The Morgan fingerprint density at radius 3 is 2.02 bits per heavy atom. The molecular weight excluding hydrogens is 904 g/mol. The minimum Gasteiger partial charge on any atom is -0.352 e. The van der Waals surface area contributed by atoms with Crippen LogP contribution in [0.4, 0.5) is 7.42 Å². The summed E-state index contributed by atoms with van der Waals surface area (Å²) in [5, 5.41) is 7.21. The van der Waals surface area contributed by atoms with Gasteiger partial charge in [-0.15, -0.1) is 18.9 Å². The molecule has 0 aromatic carbocycles. The van der Waals surface area contributed by atoms with E-state index in [1.165, 1.54) is 6.08 Å². The van der Waals surface area contributed by atoms with Crippen LogP contribution in [-0.2, 0) is 19.2 Å². The predicted molar refractivity (Wildman–Crippen MR) is 224 cm³/mol. The molecule has 0 aliphatic carbocycles. The largest absolute Gasteiger partial charge is 0.352 e. The monoisotopic (exact) mass is 983 g/mol. The molecule has 1 heterocycles. The first-order valence-corrected chi connectivity index (χ1v) is 25.6. The van der Waals surface area contributed by atoms with Gasteiger partial charge in [-0.3, -0.25) is 19.2 Å². The molecule has 0 aromatic heterocycles. The van der Waals surface area contributed by atoms with E-state index in [0.717, 1.165) is 33.4 Å². The summed E-state index contributed by atoms with van der Waals surface area (Å²) in [5.41, 5.74) is 4.87. The van der Waals surface area contributed by atoms with Crippen LogP contribution < -0.4 is 21.7 Å². The average molecular weight is 983 g/mol. The third-order valence-electron chi connectivity index (χ3n) is 7.63. The van der Waals surface area contributed by atoms with Crippen LogP contribution in [0.25, 0.3) is 0 Å². The van der Waals surface area contributed by atoms with E-state index >= 15 is 0 Å². The number of carbonyl (C=O) groups excluding carboxylic acids is 5. The van der Waals surface area contributed by atoms with Gasteiger partial charge in [0.15, 0.2) is 0 Å². The van der Waals surface area contributed by atoms with Gasteiger partial charge in [0, 0.05) is 25.6 Å². The molecule has 5 N–H and O–H groups in total.